The summed E-state index contributed by atoms with van der Waals surface area (Å²) in [5, 5.41) is 11.2. The highest BCUT2D eigenvalue weighted by Crippen LogP contribution is 2.03. The summed E-state index contributed by atoms with van der Waals surface area (Å²) < 4.78 is 0. The normalized spacial score (nSPS) is 19.6. The Kier molecular flexibility index (Phi) is 4.64. The Labute approximate surface area is 83.0 Å². The summed E-state index contributed by atoms with van der Waals surface area (Å²) in [6.07, 6.45) is 5.28. The molecule has 0 amide bonds. The van der Waals surface area contributed by atoms with Crippen LogP contribution in [0.1, 0.15) is 12.8 Å². The molecule has 0 aromatic carbocycles. The SMILES string of the molecule is O=C(O)C1CCCN1.c1ccncc1. The van der Waals surface area contributed by atoms with Gasteiger partial charge in [0.15, 0.2) is 0 Å². The van der Waals surface area contributed by atoms with Crippen molar-refractivity contribution in [1.29, 1.82) is 0 Å². The number of aromatic nitrogens is 1. The summed E-state index contributed by atoms with van der Waals surface area (Å²) >= 11 is 0. The molecule has 14 heavy (non-hydrogen) atoms. The van der Waals surface area contributed by atoms with Gasteiger partial charge in [0.1, 0.15) is 6.04 Å². The summed E-state index contributed by atoms with van der Waals surface area (Å²) in [5.74, 6) is -0.720. The first-order valence-corrected chi connectivity index (χ1v) is 4.62. The molecule has 1 aliphatic rings. The third kappa shape index (κ3) is 4.00. The third-order valence-electron chi connectivity index (χ3n) is 1.92. The van der Waals surface area contributed by atoms with Crippen molar-refractivity contribution in [2.24, 2.45) is 0 Å². The van der Waals surface area contributed by atoms with Gasteiger partial charge >= 0.3 is 5.97 Å². The molecule has 0 spiro atoms. The highest BCUT2D eigenvalue weighted by molar-refractivity contribution is 5.73. The fraction of sp³-hybridized carbons (Fsp3) is 0.400. The molecular formula is C10H14N2O2. The molecule has 1 saturated heterocycles. The largest absolute Gasteiger partial charge is 0.480 e. The molecule has 2 rings (SSSR count). The van der Waals surface area contributed by atoms with Crippen molar-refractivity contribution in [1.82, 2.24) is 10.3 Å². The van der Waals surface area contributed by atoms with Crippen LogP contribution in [0.15, 0.2) is 30.6 Å². The Hall–Kier alpha value is -1.42. The smallest absolute Gasteiger partial charge is 0.320 e. The van der Waals surface area contributed by atoms with Gasteiger partial charge in [-0.25, -0.2) is 0 Å². The Balaban J connectivity index is 0.000000146. The maximum Gasteiger partial charge on any atom is 0.320 e. The molecule has 1 aromatic rings. The van der Waals surface area contributed by atoms with Crippen molar-refractivity contribution >= 4 is 5.97 Å². The van der Waals surface area contributed by atoms with Crippen molar-refractivity contribution in [2.45, 2.75) is 18.9 Å². The molecule has 2 N–H and O–H groups in total. The van der Waals surface area contributed by atoms with E-state index in [9.17, 15) is 4.79 Å². The van der Waals surface area contributed by atoms with Gasteiger partial charge in [0.2, 0.25) is 0 Å². The molecule has 1 fully saturated rings. The molecule has 2 heterocycles. The lowest BCUT2D eigenvalue weighted by molar-refractivity contribution is -0.139. The number of hydrogen-bond donors (Lipinski definition) is 2. The van der Waals surface area contributed by atoms with Gasteiger partial charge in [0, 0.05) is 12.4 Å². The highest BCUT2D eigenvalue weighted by atomic mass is 16.4. The minimum Gasteiger partial charge on any atom is -0.480 e. The zero-order valence-electron chi connectivity index (χ0n) is 7.89. The number of hydrogen-bond acceptors (Lipinski definition) is 3. The predicted octanol–water partition coefficient (Wildman–Crippen LogP) is 0.905. The molecule has 1 aromatic heterocycles. The first-order chi connectivity index (χ1) is 6.80. The van der Waals surface area contributed by atoms with Crippen LogP contribution in [0.25, 0.3) is 0 Å². The second-order valence-corrected chi connectivity index (χ2v) is 3.01. The van der Waals surface area contributed by atoms with Crippen LogP contribution in [0.4, 0.5) is 0 Å². The zero-order valence-corrected chi connectivity index (χ0v) is 7.89. The topological polar surface area (TPSA) is 62.2 Å². The van der Waals surface area contributed by atoms with Crippen molar-refractivity contribution in [3.8, 4) is 0 Å². The summed E-state index contributed by atoms with van der Waals surface area (Å²) in [5.41, 5.74) is 0. The lowest BCUT2D eigenvalue weighted by Crippen LogP contribution is -2.29. The molecule has 4 nitrogen and oxygen atoms in total. The van der Waals surface area contributed by atoms with E-state index in [1.54, 1.807) is 12.4 Å². The number of carboxylic acids is 1. The number of nitrogens with zero attached hydrogens (tertiary/aromatic N) is 1. The fourth-order valence-electron chi connectivity index (χ4n) is 1.21. The standard InChI is InChI=1S/C5H9NO2.C5H5N/c7-5(8)4-2-1-3-6-4;1-2-4-6-5-3-1/h4,6H,1-3H2,(H,7,8);1-5H. The average molecular weight is 194 g/mol. The van der Waals surface area contributed by atoms with Crippen molar-refractivity contribution < 1.29 is 9.90 Å². The number of carbonyl (C=O) groups is 1. The molecular weight excluding hydrogens is 180 g/mol. The Morgan fingerprint density at radius 3 is 2.29 bits per heavy atom. The van der Waals surface area contributed by atoms with E-state index in [4.69, 9.17) is 5.11 Å². The Morgan fingerprint density at radius 1 is 1.36 bits per heavy atom. The van der Waals surface area contributed by atoms with Crippen molar-refractivity contribution in [2.75, 3.05) is 6.54 Å². The minimum atomic E-state index is -0.720. The summed E-state index contributed by atoms with van der Waals surface area (Å²) in [6.45, 7) is 0.858. The lowest BCUT2D eigenvalue weighted by atomic mass is 10.2. The monoisotopic (exact) mass is 194 g/mol. The second kappa shape index (κ2) is 6.10. The van der Waals surface area contributed by atoms with Gasteiger partial charge in [-0.05, 0) is 31.5 Å². The first-order valence-electron chi connectivity index (χ1n) is 4.62. The molecule has 1 atom stereocenters. The minimum absolute atomic E-state index is 0.269. The highest BCUT2D eigenvalue weighted by Gasteiger charge is 2.20. The molecule has 0 saturated carbocycles. The van der Waals surface area contributed by atoms with E-state index in [1.165, 1.54) is 0 Å². The Morgan fingerprint density at radius 2 is 2.07 bits per heavy atom. The van der Waals surface area contributed by atoms with Crippen LogP contribution >= 0.6 is 0 Å². The second-order valence-electron chi connectivity index (χ2n) is 3.01. The van der Waals surface area contributed by atoms with Gasteiger partial charge in [-0.1, -0.05) is 6.07 Å². The summed E-state index contributed by atoms with van der Waals surface area (Å²) in [6, 6.07) is 5.45. The lowest BCUT2D eigenvalue weighted by Gasteiger charge is -1.99. The van der Waals surface area contributed by atoms with Crippen LogP contribution in [0, 0.1) is 0 Å². The van der Waals surface area contributed by atoms with E-state index in [1.807, 2.05) is 18.2 Å². The molecule has 4 heteroatoms. The average Bonchev–Trinajstić information content (AvgIpc) is 2.74. The molecule has 1 aliphatic heterocycles. The number of carboxylic acid groups (broad SMARTS) is 1. The van der Waals surface area contributed by atoms with Crippen LogP contribution in [-0.2, 0) is 4.79 Å². The van der Waals surface area contributed by atoms with E-state index in [0.717, 1.165) is 19.4 Å². The van der Waals surface area contributed by atoms with E-state index >= 15 is 0 Å². The number of pyridine rings is 1. The maximum atomic E-state index is 10.1. The number of rotatable bonds is 1. The van der Waals surface area contributed by atoms with Crippen LogP contribution in [-0.4, -0.2) is 28.6 Å². The van der Waals surface area contributed by atoms with Gasteiger partial charge in [-0.3, -0.25) is 9.78 Å². The summed E-state index contributed by atoms with van der Waals surface area (Å²) in [4.78, 5) is 13.9. The van der Waals surface area contributed by atoms with Crippen molar-refractivity contribution in [3.63, 3.8) is 0 Å². The van der Waals surface area contributed by atoms with E-state index in [-0.39, 0.29) is 6.04 Å². The van der Waals surface area contributed by atoms with Gasteiger partial charge in [0.25, 0.3) is 0 Å². The fourth-order valence-corrected chi connectivity index (χ4v) is 1.21. The van der Waals surface area contributed by atoms with Gasteiger partial charge < -0.3 is 10.4 Å². The predicted molar refractivity (Wildman–Crippen MR) is 52.9 cm³/mol. The van der Waals surface area contributed by atoms with E-state index in [0.29, 0.717) is 0 Å². The van der Waals surface area contributed by atoms with Gasteiger partial charge in [-0.15, -0.1) is 0 Å². The van der Waals surface area contributed by atoms with E-state index < -0.39 is 5.97 Å². The van der Waals surface area contributed by atoms with Crippen LogP contribution in [0.3, 0.4) is 0 Å². The van der Waals surface area contributed by atoms with Crippen LogP contribution < -0.4 is 5.32 Å². The van der Waals surface area contributed by atoms with Crippen LogP contribution in [0.2, 0.25) is 0 Å². The van der Waals surface area contributed by atoms with Crippen LogP contribution in [0.5, 0.6) is 0 Å². The first kappa shape index (κ1) is 10.7. The zero-order chi connectivity index (χ0) is 10.2. The quantitative estimate of drug-likeness (QED) is 0.697. The van der Waals surface area contributed by atoms with Crippen molar-refractivity contribution in [3.05, 3.63) is 30.6 Å². The molecule has 0 radical (unpaired) electrons. The molecule has 0 aliphatic carbocycles. The molecule has 76 valence electrons. The van der Waals surface area contributed by atoms with Gasteiger partial charge in [-0.2, -0.15) is 0 Å². The summed E-state index contributed by atoms with van der Waals surface area (Å²) in [7, 11) is 0. The maximum absolute atomic E-state index is 10.1. The Bertz CT molecular complexity index is 231. The third-order valence-corrected chi connectivity index (χ3v) is 1.92. The molecule has 0 bridgehead atoms. The van der Waals surface area contributed by atoms with Gasteiger partial charge in [0.05, 0.1) is 0 Å². The van der Waals surface area contributed by atoms with E-state index in [2.05, 4.69) is 10.3 Å². The number of nitrogens with one attached hydrogen (secondary N) is 1. The number of aliphatic carboxylic acids is 1. The molecule has 1 unspecified atom stereocenters.